The second-order valence-electron chi connectivity index (χ2n) is 5.99. The number of likely N-dealkylation sites (N-methyl/N-ethyl adjacent to an activating group) is 1. The normalized spacial score (nSPS) is 21.2. The Kier molecular flexibility index (Phi) is 6.76. The first-order chi connectivity index (χ1) is 10.6. The lowest BCUT2D eigenvalue weighted by Crippen LogP contribution is -2.34. The fourth-order valence-electron chi connectivity index (χ4n) is 2.65. The van der Waals surface area contributed by atoms with E-state index < -0.39 is 6.10 Å². The summed E-state index contributed by atoms with van der Waals surface area (Å²) in [6.07, 6.45) is 1.77. The highest BCUT2D eigenvalue weighted by Crippen LogP contribution is 2.19. The van der Waals surface area contributed by atoms with Crippen molar-refractivity contribution >= 4 is 0 Å². The van der Waals surface area contributed by atoms with Crippen molar-refractivity contribution in [2.45, 2.75) is 38.0 Å². The van der Waals surface area contributed by atoms with Crippen molar-refractivity contribution in [3.05, 3.63) is 35.6 Å². The van der Waals surface area contributed by atoms with Crippen LogP contribution in [0.15, 0.2) is 24.3 Å². The van der Waals surface area contributed by atoms with Crippen LogP contribution in [0.5, 0.6) is 0 Å². The van der Waals surface area contributed by atoms with Crippen LogP contribution in [0.3, 0.4) is 0 Å². The van der Waals surface area contributed by atoms with Crippen LogP contribution in [0.4, 0.5) is 4.39 Å². The summed E-state index contributed by atoms with van der Waals surface area (Å²) in [6, 6.07) is 6.57. The monoisotopic (exact) mass is 311 g/mol. The van der Waals surface area contributed by atoms with Crippen LogP contribution in [-0.4, -0.2) is 55.6 Å². The van der Waals surface area contributed by atoms with Gasteiger partial charge in [0, 0.05) is 19.2 Å². The summed E-state index contributed by atoms with van der Waals surface area (Å²) in [6.45, 7) is 4.21. The Labute approximate surface area is 131 Å². The minimum atomic E-state index is -0.547. The van der Waals surface area contributed by atoms with Crippen LogP contribution in [0.1, 0.15) is 31.4 Å². The zero-order valence-electron chi connectivity index (χ0n) is 13.4. The number of nitrogens with zero attached hydrogens (tertiary/aromatic N) is 1. The van der Waals surface area contributed by atoms with Crippen LogP contribution in [0.2, 0.25) is 0 Å². The van der Waals surface area contributed by atoms with Crippen molar-refractivity contribution in [1.82, 2.24) is 4.90 Å². The average molecular weight is 311 g/mol. The molecule has 1 aromatic rings. The van der Waals surface area contributed by atoms with E-state index in [9.17, 15) is 9.50 Å². The zero-order chi connectivity index (χ0) is 15.9. The van der Waals surface area contributed by atoms with Crippen molar-refractivity contribution in [2.75, 3.05) is 33.4 Å². The summed E-state index contributed by atoms with van der Waals surface area (Å²) in [5.74, 6) is -0.235. The molecule has 1 fully saturated rings. The van der Waals surface area contributed by atoms with Gasteiger partial charge < -0.3 is 14.6 Å². The summed E-state index contributed by atoms with van der Waals surface area (Å²) in [5.41, 5.74) is 1.02. The summed E-state index contributed by atoms with van der Waals surface area (Å²) >= 11 is 0. The smallest absolute Gasteiger partial charge is 0.123 e. The van der Waals surface area contributed by atoms with Crippen LogP contribution >= 0.6 is 0 Å². The number of hydrogen-bond donors (Lipinski definition) is 1. The second kappa shape index (κ2) is 8.58. The zero-order valence-corrected chi connectivity index (χ0v) is 13.4. The molecule has 0 saturated carbocycles. The fourth-order valence-corrected chi connectivity index (χ4v) is 2.65. The molecule has 1 saturated heterocycles. The van der Waals surface area contributed by atoms with Gasteiger partial charge in [-0.05, 0) is 44.5 Å². The molecule has 0 aromatic heterocycles. The maximum atomic E-state index is 12.9. The van der Waals surface area contributed by atoms with E-state index in [1.807, 2.05) is 18.9 Å². The number of aliphatic hydroxyl groups is 1. The fraction of sp³-hybridized carbons (Fsp3) is 0.647. The molecular formula is C17H26FNO3. The van der Waals surface area contributed by atoms with Gasteiger partial charge in [0.15, 0.2) is 0 Å². The Hall–Kier alpha value is -1.01. The van der Waals surface area contributed by atoms with E-state index >= 15 is 0 Å². The molecular weight excluding hydrogens is 285 g/mol. The molecule has 0 bridgehead atoms. The van der Waals surface area contributed by atoms with Gasteiger partial charge in [-0.1, -0.05) is 12.1 Å². The minimum absolute atomic E-state index is 0.105. The van der Waals surface area contributed by atoms with Gasteiger partial charge in [-0.15, -0.1) is 0 Å². The predicted molar refractivity (Wildman–Crippen MR) is 83.2 cm³/mol. The summed E-state index contributed by atoms with van der Waals surface area (Å²) in [4.78, 5) is 2.04. The molecule has 4 nitrogen and oxygen atoms in total. The average Bonchev–Trinajstić information content (AvgIpc) is 3.00. The Bertz CT molecular complexity index is 434. The molecule has 3 atom stereocenters. The maximum Gasteiger partial charge on any atom is 0.123 e. The molecule has 2 rings (SSSR count). The van der Waals surface area contributed by atoms with Gasteiger partial charge >= 0.3 is 0 Å². The van der Waals surface area contributed by atoms with E-state index in [1.165, 1.54) is 12.1 Å². The lowest BCUT2D eigenvalue weighted by atomic mass is 10.1. The Morgan fingerprint density at radius 2 is 2.14 bits per heavy atom. The van der Waals surface area contributed by atoms with E-state index in [0.717, 1.165) is 25.0 Å². The number of rotatable bonds is 8. The van der Waals surface area contributed by atoms with E-state index in [2.05, 4.69) is 0 Å². The van der Waals surface area contributed by atoms with Crippen LogP contribution < -0.4 is 0 Å². The first-order valence-electron chi connectivity index (χ1n) is 7.89. The van der Waals surface area contributed by atoms with Crippen LogP contribution in [-0.2, 0) is 9.47 Å². The second-order valence-corrected chi connectivity index (χ2v) is 5.99. The number of benzene rings is 1. The summed E-state index contributed by atoms with van der Waals surface area (Å²) < 4.78 is 24.0. The van der Waals surface area contributed by atoms with Gasteiger partial charge in [-0.2, -0.15) is 0 Å². The molecule has 1 N–H and O–H groups in total. The molecule has 0 amide bonds. The maximum absolute atomic E-state index is 12.9. The SMILES string of the molecule is CC(c1ccc(F)cc1)N(C)CC(O)COCC1CCCO1. The highest BCUT2D eigenvalue weighted by Gasteiger charge is 2.18. The molecule has 124 valence electrons. The Balaban J connectivity index is 1.70. The molecule has 1 aliphatic heterocycles. The van der Waals surface area contributed by atoms with E-state index in [1.54, 1.807) is 12.1 Å². The van der Waals surface area contributed by atoms with Gasteiger partial charge in [-0.25, -0.2) is 4.39 Å². The van der Waals surface area contributed by atoms with Crippen LogP contribution in [0, 0.1) is 5.82 Å². The molecule has 1 aliphatic rings. The molecule has 22 heavy (non-hydrogen) atoms. The molecule has 3 unspecified atom stereocenters. The van der Waals surface area contributed by atoms with E-state index in [4.69, 9.17) is 9.47 Å². The predicted octanol–water partition coefficient (Wildman–Crippen LogP) is 2.38. The molecule has 0 spiro atoms. The molecule has 1 heterocycles. The van der Waals surface area contributed by atoms with Gasteiger partial charge in [0.1, 0.15) is 5.82 Å². The van der Waals surface area contributed by atoms with E-state index in [-0.39, 0.29) is 18.0 Å². The number of halogens is 1. The number of hydrogen-bond acceptors (Lipinski definition) is 4. The van der Waals surface area contributed by atoms with Crippen molar-refractivity contribution < 1.29 is 19.0 Å². The topological polar surface area (TPSA) is 41.9 Å². The molecule has 1 aromatic carbocycles. The molecule has 0 aliphatic carbocycles. The largest absolute Gasteiger partial charge is 0.389 e. The summed E-state index contributed by atoms with van der Waals surface area (Å²) in [7, 11) is 1.94. The third-order valence-electron chi connectivity index (χ3n) is 4.15. The van der Waals surface area contributed by atoms with E-state index in [0.29, 0.717) is 19.8 Å². The van der Waals surface area contributed by atoms with Crippen molar-refractivity contribution in [3.63, 3.8) is 0 Å². The molecule has 5 heteroatoms. The summed E-state index contributed by atoms with van der Waals surface area (Å²) in [5, 5.41) is 10.1. The first kappa shape index (κ1) is 17.3. The lowest BCUT2D eigenvalue weighted by Gasteiger charge is -2.27. The van der Waals surface area contributed by atoms with Gasteiger partial charge in [-0.3, -0.25) is 4.90 Å². The van der Waals surface area contributed by atoms with Gasteiger partial charge in [0.05, 0.1) is 25.4 Å². The highest BCUT2D eigenvalue weighted by atomic mass is 19.1. The third kappa shape index (κ3) is 5.32. The van der Waals surface area contributed by atoms with Crippen molar-refractivity contribution in [2.24, 2.45) is 0 Å². The lowest BCUT2D eigenvalue weighted by molar-refractivity contribution is -0.0257. The highest BCUT2D eigenvalue weighted by molar-refractivity contribution is 5.19. The van der Waals surface area contributed by atoms with Crippen molar-refractivity contribution in [1.29, 1.82) is 0 Å². The first-order valence-corrected chi connectivity index (χ1v) is 7.89. The van der Waals surface area contributed by atoms with Crippen molar-refractivity contribution in [3.8, 4) is 0 Å². The quantitative estimate of drug-likeness (QED) is 0.800. The molecule has 0 radical (unpaired) electrons. The third-order valence-corrected chi connectivity index (χ3v) is 4.15. The Morgan fingerprint density at radius 3 is 2.77 bits per heavy atom. The van der Waals surface area contributed by atoms with Crippen LogP contribution in [0.25, 0.3) is 0 Å². The minimum Gasteiger partial charge on any atom is -0.389 e. The number of ether oxygens (including phenoxy) is 2. The van der Waals surface area contributed by atoms with Gasteiger partial charge in [0.25, 0.3) is 0 Å². The Morgan fingerprint density at radius 1 is 1.41 bits per heavy atom. The number of aliphatic hydroxyl groups excluding tert-OH is 1. The van der Waals surface area contributed by atoms with Gasteiger partial charge in [0.2, 0.25) is 0 Å². The standard InChI is InChI=1S/C17H26FNO3/c1-13(14-5-7-15(18)8-6-14)19(2)10-16(20)11-21-12-17-4-3-9-22-17/h5-8,13,16-17,20H,3-4,9-12H2,1-2H3.